The Hall–Kier alpha value is -2.18. The van der Waals surface area contributed by atoms with Gasteiger partial charge in [-0.1, -0.05) is 36.4 Å². The number of carbonyl (C=O) groups is 2. The maximum absolute atomic E-state index is 11.9. The van der Waals surface area contributed by atoms with Crippen LogP contribution >= 0.6 is 0 Å². The number of esters is 1. The molecule has 0 saturated carbocycles. The molecule has 6 heteroatoms. The van der Waals surface area contributed by atoms with Crippen LogP contribution < -0.4 is 10.6 Å². The van der Waals surface area contributed by atoms with Crippen LogP contribution in [0.3, 0.4) is 0 Å². The highest BCUT2D eigenvalue weighted by Crippen LogP contribution is 2.25. The summed E-state index contributed by atoms with van der Waals surface area (Å²) in [7, 11) is 0. The molecule has 21 heavy (non-hydrogen) atoms. The van der Waals surface area contributed by atoms with E-state index in [-0.39, 0.29) is 12.3 Å². The molecular weight excluding hydrogens is 270 g/mol. The summed E-state index contributed by atoms with van der Waals surface area (Å²) in [6.07, 6.45) is 0.499. The van der Waals surface area contributed by atoms with Gasteiger partial charge in [-0.15, -0.1) is 6.58 Å². The van der Waals surface area contributed by atoms with Gasteiger partial charge in [-0.3, -0.25) is 20.3 Å². The van der Waals surface area contributed by atoms with Crippen LogP contribution in [-0.4, -0.2) is 36.2 Å². The van der Waals surface area contributed by atoms with Crippen LogP contribution in [0.25, 0.3) is 0 Å². The summed E-state index contributed by atoms with van der Waals surface area (Å²) in [6, 6.07) is 9.83. The number of rotatable bonds is 3. The summed E-state index contributed by atoms with van der Waals surface area (Å²) in [5.41, 5.74) is 1.06. The average Bonchev–Trinajstić information content (AvgIpc) is 2.52. The molecule has 1 amide bonds. The number of benzene rings is 1. The molecule has 2 heterocycles. The minimum Gasteiger partial charge on any atom is -0.376 e. The first kappa shape index (κ1) is 13.8. The molecule has 6 nitrogen and oxygen atoms in total. The second-order valence-electron chi connectivity index (χ2n) is 5.10. The summed E-state index contributed by atoms with van der Waals surface area (Å²) in [6.45, 7) is 4.44. The first-order valence-electron chi connectivity index (χ1n) is 6.88. The summed E-state index contributed by atoms with van der Waals surface area (Å²) in [4.78, 5) is 25.2. The number of amides is 1. The molecule has 2 aliphatic heterocycles. The number of cyclic esters (lactones) is 2. The standard InChI is InChI=1S/C15H17N3O3/c1-2-8-18-13-11(14(19)21-15(18)20)9-16-12(17-13)10-6-4-3-5-7-10/h2-7,11-13,16-17H,1,8-9H2. The second-order valence-corrected chi connectivity index (χ2v) is 5.10. The van der Waals surface area contributed by atoms with Crippen molar-refractivity contribution in [2.75, 3.05) is 13.1 Å². The van der Waals surface area contributed by atoms with Crippen molar-refractivity contribution in [1.82, 2.24) is 15.5 Å². The van der Waals surface area contributed by atoms with Gasteiger partial charge < -0.3 is 4.74 Å². The number of hydrogen-bond acceptors (Lipinski definition) is 5. The van der Waals surface area contributed by atoms with Crippen molar-refractivity contribution in [2.45, 2.75) is 12.3 Å². The van der Waals surface area contributed by atoms with Gasteiger partial charge in [0.25, 0.3) is 0 Å². The summed E-state index contributed by atoms with van der Waals surface area (Å²) in [5.74, 6) is -0.903. The van der Waals surface area contributed by atoms with Gasteiger partial charge in [-0.25, -0.2) is 4.79 Å². The quantitative estimate of drug-likeness (QED) is 0.493. The molecule has 2 N–H and O–H groups in total. The van der Waals surface area contributed by atoms with Crippen LogP contribution in [0.15, 0.2) is 43.0 Å². The number of hydrogen-bond donors (Lipinski definition) is 2. The van der Waals surface area contributed by atoms with Crippen LogP contribution in [-0.2, 0) is 9.53 Å². The van der Waals surface area contributed by atoms with Crippen molar-refractivity contribution < 1.29 is 14.3 Å². The normalized spacial score (nSPS) is 28.8. The molecule has 0 radical (unpaired) electrons. The highest BCUT2D eigenvalue weighted by atomic mass is 16.6. The van der Waals surface area contributed by atoms with Crippen molar-refractivity contribution in [3.63, 3.8) is 0 Å². The minimum absolute atomic E-state index is 0.113. The molecule has 0 bridgehead atoms. The maximum Gasteiger partial charge on any atom is 0.419 e. The number of nitrogens with one attached hydrogen (secondary N) is 2. The minimum atomic E-state index is -0.623. The van der Waals surface area contributed by atoms with Crippen LogP contribution in [0.5, 0.6) is 0 Å². The molecular formula is C15H17N3O3. The molecule has 3 rings (SSSR count). The Morgan fingerprint density at radius 2 is 2.10 bits per heavy atom. The van der Waals surface area contributed by atoms with E-state index < -0.39 is 18.0 Å². The molecule has 2 aliphatic rings. The van der Waals surface area contributed by atoms with Crippen LogP contribution in [0.4, 0.5) is 4.79 Å². The van der Waals surface area contributed by atoms with E-state index in [1.165, 1.54) is 4.90 Å². The fraction of sp³-hybridized carbons (Fsp3) is 0.333. The third kappa shape index (κ3) is 2.55. The Labute approximate surface area is 122 Å². The lowest BCUT2D eigenvalue weighted by molar-refractivity contribution is -0.153. The molecule has 1 aromatic carbocycles. The smallest absolute Gasteiger partial charge is 0.376 e. The molecule has 3 unspecified atom stereocenters. The Kier molecular flexibility index (Phi) is 3.72. The first-order valence-corrected chi connectivity index (χ1v) is 6.88. The van der Waals surface area contributed by atoms with Crippen LogP contribution in [0.1, 0.15) is 11.7 Å². The molecule has 0 aromatic heterocycles. The number of ether oxygens (including phenoxy) is 1. The molecule has 2 fully saturated rings. The molecule has 1 aromatic rings. The zero-order valence-corrected chi connectivity index (χ0v) is 11.5. The Bertz CT molecular complexity index is 561. The van der Waals surface area contributed by atoms with Gasteiger partial charge in [0.1, 0.15) is 12.1 Å². The summed E-state index contributed by atoms with van der Waals surface area (Å²) >= 11 is 0. The molecule has 2 saturated heterocycles. The van der Waals surface area contributed by atoms with Gasteiger partial charge in [0.2, 0.25) is 0 Å². The van der Waals surface area contributed by atoms with Crippen molar-refractivity contribution in [1.29, 1.82) is 0 Å². The molecule has 3 atom stereocenters. The van der Waals surface area contributed by atoms with Crippen molar-refractivity contribution in [2.24, 2.45) is 5.92 Å². The highest BCUT2D eigenvalue weighted by molar-refractivity contribution is 5.89. The van der Waals surface area contributed by atoms with E-state index in [0.717, 1.165) is 5.56 Å². The van der Waals surface area contributed by atoms with E-state index in [4.69, 9.17) is 4.74 Å². The average molecular weight is 287 g/mol. The monoisotopic (exact) mass is 287 g/mol. The van der Waals surface area contributed by atoms with E-state index in [0.29, 0.717) is 13.1 Å². The lowest BCUT2D eigenvalue weighted by atomic mass is 9.98. The van der Waals surface area contributed by atoms with Crippen molar-refractivity contribution in [3.05, 3.63) is 48.6 Å². The maximum atomic E-state index is 11.9. The number of nitrogens with zero attached hydrogens (tertiary/aromatic N) is 1. The fourth-order valence-corrected chi connectivity index (χ4v) is 2.74. The topological polar surface area (TPSA) is 70.7 Å². The lowest BCUT2D eigenvalue weighted by Gasteiger charge is -2.44. The van der Waals surface area contributed by atoms with Crippen LogP contribution in [0.2, 0.25) is 0 Å². The first-order chi connectivity index (χ1) is 10.2. The second kappa shape index (κ2) is 5.67. The third-order valence-corrected chi connectivity index (χ3v) is 3.78. The Morgan fingerprint density at radius 1 is 1.33 bits per heavy atom. The van der Waals surface area contributed by atoms with E-state index in [1.807, 2.05) is 30.3 Å². The number of fused-ring (bicyclic) bond motifs is 1. The predicted molar refractivity (Wildman–Crippen MR) is 76.0 cm³/mol. The van der Waals surface area contributed by atoms with Gasteiger partial charge in [0.05, 0.1) is 6.17 Å². The van der Waals surface area contributed by atoms with Gasteiger partial charge in [-0.2, -0.15) is 0 Å². The van der Waals surface area contributed by atoms with E-state index in [1.54, 1.807) is 6.08 Å². The van der Waals surface area contributed by atoms with Crippen molar-refractivity contribution in [3.8, 4) is 0 Å². The van der Waals surface area contributed by atoms with Gasteiger partial charge in [0.15, 0.2) is 0 Å². The third-order valence-electron chi connectivity index (χ3n) is 3.78. The fourth-order valence-electron chi connectivity index (χ4n) is 2.74. The van der Waals surface area contributed by atoms with Crippen molar-refractivity contribution >= 4 is 12.1 Å². The molecule has 0 spiro atoms. The van der Waals surface area contributed by atoms with Gasteiger partial charge in [-0.05, 0) is 5.56 Å². The van der Waals surface area contributed by atoms with Gasteiger partial charge in [0, 0.05) is 13.1 Å². The lowest BCUT2D eigenvalue weighted by Crippen LogP contribution is -2.67. The zero-order valence-electron chi connectivity index (χ0n) is 11.5. The van der Waals surface area contributed by atoms with Crippen LogP contribution in [0, 0.1) is 5.92 Å². The molecule has 0 aliphatic carbocycles. The zero-order chi connectivity index (χ0) is 14.8. The predicted octanol–water partition coefficient (Wildman–Crippen LogP) is 0.985. The largest absolute Gasteiger partial charge is 0.419 e. The SMILES string of the molecule is C=CCN1C(=O)OC(=O)C2CNC(c3ccccc3)NC21. The van der Waals surface area contributed by atoms with E-state index in [2.05, 4.69) is 17.2 Å². The van der Waals surface area contributed by atoms with Gasteiger partial charge >= 0.3 is 12.1 Å². The summed E-state index contributed by atoms with van der Waals surface area (Å²) in [5, 5.41) is 6.58. The Morgan fingerprint density at radius 3 is 2.81 bits per heavy atom. The summed E-state index contributed by atoms with van der Waals surface area (Å²) < 4.78 is 4.78. The highest BCUT2D eigenvalue weighted by Gasteiger charge is 2.46. The Balaban J connectivity index is 1.84. The van der Waals surface area contributed by atoms with E-state index in [9.17, 15) is 9.59 Å². The van der Waals surface area contributed by atoms with E-state index >= 15 is 0 Å². The number of carbonyl (C=O) groups excluding carboxylic acids is 2. The molecule has 110 valence electrons.